The van der Waals surface area contributed by atoms with Crippen LogP contribution >= 0.6 is 0 Å². The number of rotatable bonds is 8. The van der Waals surface area contributed by atoms with Crippen LogP contribution < -0.4 is 5.32 Å². The van der Waals surface area contributed by atoms with Gasteiger partial charge in [0.2, 0.25) is 0 Å². The zero-order chi connectivity index (χ0) is 30.6. The normalized spacial score (nSPS) is 34.9. The number of fused-ring (bicyclic) bond motifs is 6. The number of hydrogen-bond donors (Lipinski definition) is 4. The number of Topliss-reactive ketones (excluding diaryl/α,β-unsaturated/α-hetero) is 1. The summed E-state index contributed by atoms with van der Waals surface area (Å²) in [6.45, 7) is 5.71. The minimum absolute atomic E-state index is 0.0503. The van der Waals surface area contributed by atoms with E-state index in [1.807, 2.05) is 24.3 Å². The van der Waals surface area contributed by atoms with E-state index < -0.39 is 23.5 Å². The molecule has 4 N–H and O–H groups in total. The van der Waals surface area contributed by atoms with Gasteiger partial charge in [0.25, 0.3) is 5.91 Å². The Bertz CT molecular complexity index is 1510. The van der Waals surface area contributed by atoms with Crippen LogP contribution in [0.25, 0.3) is 10.9 Å². The number of hydrogen-bond acceptors (Lipinski definition) is 6. The number of nitrogens with zero attached hydrogens (tertiary/aromatic N) is 1. The SMILES string of the molecule is CC(=O)[C@@]1(O)CCC2C3CCC4=CC(=NOCC(=O)NC(Cc5c[nH]c6ccccc56)C(=O)O)CC[C@]4(C)C3CC[C@@]21C. The highest BCUT2D eigenvalue weighted by Crippen LogP contribution is 2.67. The Morgan fingerprint density at radius 3 is 2.63 bits per heavy atom. The van der Waals surface area contributed by atoms with Crippen molar-refractivity contribution in [1.29, 1.82) is 0 Å². The molecule has 1 aromatic carbocycles. The van der Waals surface area contributed by atoms with Crippen LogP contribution in [0.4, 0.5) is 0 Å². The Hall–Kier alpha value is -3.46. The average Bonchev–Trinajstić information content (AvgIpc) is 3.51. The lowest BCUT2D eigenvalue weighted by atomic mass is 9.46. The van der Waals surface area contributed by atoms with E-state index in [0.29, 0.717) is 24.2 Å². The van der Waals surface area contributed by atoms with Crippen LogP contribution in [-0.2, 0) is 25.6 Å². The van der Waals surface area contributed by atoms with Crippen molar-refractivity contribution >= 4 is 34.3 Å². The quantitative estimate of drug-likeness (QED) is 0.322. The average molecular weight is 590 g/mol. The first-order chi connectivity index (χ1) is 20.5. The highest BCUT2D eigenvalue weighted by molar-refractivity contribution is 5.96. The molecule has 3 fully saturated rings. The second-order valence-electron chi connectivity index (χ2n) is 13.8. The van der Waals surface area contributed by atoms with Crippen molar-refractivity contribution in [3.05, 3.63) is 47.7 Å². The van der Waals surface area contributed by atoms with Gasteiger partial charge in [0.05, 0.1) is 5.71 Å². The molecule has 6 rings (SSSR count). The first kappa shape index (κ1) is 29.6. The number of nitrogens with one attached hydrogen (secondary N) is 2. The summed E-state index contributed by atoms with van der Waals surface area (Å²) < 4.78 is 0. The predicted octanol–water partition coefficient (Wildman–Crippen LogP) is 4.94. The molecule has 9 heteroatoms. The lowest BCUT2D eigenvalue weighted by molar-refractivity contribution is -0.159. The number of amides is 1. The Morgan fingerprint density at radius 1 is 1.09 bits per heavy atom. The number of aliphatic hydroxyl groups is 1. The van der Waals surface area contributed by atoms with Crippen LogP contribution in [0, 0.1) is 28.6 Å². The summed E-state index contributed by atoms with van der Waals surface area (Å²) in [5.41, 5.74) is 2.42. The van der Waals surface area contributed by atoms with Crippen molar-refractivity contribution in [2.24, 2.45) is 33.7 Å². The molecule has 1 aromatic heterocycles. The number of allylic oxidation sites excluding steroid dienone is 2. The van der Waals surface area contributed by atoms with Gasteiger partial charge < -0.3 is 25.4 Å². The molecule has 43 heavy (non-hydrogen) atoms. The fourth-order valence-electron chi connectivity index (χ4n) is 9.37. The minimum atomic E-state index is -1.20. The van der Waals surface area contributed by atoms with Crippen molar-refractivity contribution in [2.45, 2.75) is 90.2 Å². The first-order valence-corrected chi connectivity index (χ1v) is 15.7. The number of aromatic nitrogens is 1. The number of aromatic amines is 1. The smallest absolute Gasteiger partial charge is 0.326 e. The van der Waals surface area contributed by atoms with E-state index in [-0.39, 0.29) is 29.6 Å². The molecule has 4 aliphatic carbocycles. The summed E-state index contributed by atoms with van der Waals surface area (Å²) >= 11 is 0. The molecule has 230 valence electrons. The Kier molecular flexibility index (Phi) is 7.51. The minimum Gasteiger partial charge on any atom is -0.480 e. The molecule has 0 bridgehead atoms. The van der Waals surface area contributed by atoms with Crippen molar-refractivity contribution in [1.82, 2.24) is 10.3 Å². The van der Waals surface area contributed by atoms with E-state index in [1.165, 1.54) is 5.57 Å². The summed E-state index contributed by atoms with van der Waals surface area (Å²) in [7, 11) is 0. The van der Waals surface area contributed by atoms with Crippen LogP contribution in [0.2, 0.25) is 0 Å². The van der Waals surface area contributed by atoms with E-state index in [0.717, 1.165) is 67.1 Å². The molecule has 4 aliphatic rings. The van der Waals surface area contributed by atoms with Gasteiger partial charge in [-0.05, 0) is 99.2 Å². The number of carbonyl (C=O) groups excluding carboxylic acids is 2. The number of aliphatic carboxylic acids is 1. The fourth-order valence-corrected chi connectivity index (χ4v) is 9.37. The summed E-state index contributed by atoms with van der Waals surface area (Å²) in [5, 5.41) is 28.9. The van der Waals surface area contributed by atoms with Crippen LogP contribution in [0.1, 0.15) is 77.7 Å². The van der Waals surface area contributed by atoms with Crippen LogP contribution in [-0.4, -0.2) is 56.8 Å². The van der Waals surface area contributed by atoms with Gasteiger partial charge in [0.15, 0.2) is 12.4 Å². The third-order valence-electron chi connectivity index (χ3n) is 11.8. The lowest BCUT2D eigenvalue weighted by Gasteiger charge is -2.59. The largest absolute Gasteiger partial charge is 0.480 e. The second kappa shape index (κ2) is 10.9. The van der Waals surface area contributed by atoms with Gasteiger partial charge in [-0.1, -0.05) is 42.8 Å². The number of oxime groups is 1. The number of carboxylic acid groups (broad SMARTS) is 1. The topological polar surface area (TPSA) is 141 Å². The number of carbonyl (C=O) groups is 3. The maximum Gasteiger partial charge on any atom is 0.326 e. The Balaban J connectivity index is 1.07. The summed E-state index contributed by atoms with van der Waals surface area (Å²) in [4.78, 5) is 45.6. The third kappa shape index (κ3) is 4.89. The van der Waals surface area contributed by atoms with E-state index >= 15 is 0 Å². The highest BCUT2D eigenvalue weighted by atomic mass is 16.6. The second-order valence-corrected chi connectivity index (χ2v) is 13.8. The van der Waals surface area contributed by atoms with Crippen molar-refractivity contribution in [3.63, 3.8) is 0 Å². The standard InChI is InChI=1S/C34H43N3O6/c1-20(38)34(42)15-12-27-25-9-8-22-17-23(10-13-32(22,2)26(25)11-14-33(27,34)3)37-43-19-30(39)36-29(31(40)41)16-21-18-35-28-7-5-4-6-24(21)28/h4-7,17-18,25-27,29,35,42H,8-16,19H2,1-3H3,(H,36,39)(H,40,41)/t25?,26?,27?,29?,32-,33-,34-/m0/s1. The molecule has 3 saturated carbocycles. The van der Waals surface area contributed by atoms with E-state index in [1.54, 1.807) is 13.1 Å². The summed E-state index contributed by atoms with van der Waals surface area (Å²) in [5.74, 6) is -0.349. The molecule has 0 saturated heterocycles. The molecule has 4 unspecified atom stereocenters. The first-order valence-electron chi connectivity index (χ1n) is 15.7. The van der Waals surface area contributed by atoms with E-state index in [2.05, 4.69) is 35.4 Å². The number of ketones is 1. The molecule has 1 amide bonds. The monoisotopic (exact) mass is 589 g/mol. The van der Waals surface area contributed by atoms with Gasteiger partial charge in [-0.15, -0.1) is 0 Å². The molecule has 9 nitrogen and oxygen atoms in total. The molecule has 0 aliphatic heterocycles. The van der Waals surface area contributed by atoms with E-state index in [9.17, 15) is 24.6 Å². The molecular weight excluding hydrogens is 546 g/mol. The molecule has 7 atom stereocenters. The maximum absolute atomic E-state index is 12.6. The predicted molar refractivity (Wildman–Crippen MR) is 162 cm³/mol. The lowest BCUT2D eigenvalue weighted by Crippen LogP contribution is -2.57. The molecule has 2 aromatic rings. The van der Waals surface area contributed by atoms with E-state index in [4.69, 9.17) is 4.84 Å². The van der Waals surface area contributed by atoms with Crippen LogP contribution in [0.15, 0.2) is 47.3 Å². The van der Waals surface area contributed by atoms with Gasteiger partial charge in [-0.2, -0.15) is 0 Å². The van der Waals surface area contributed by atoms with Crippen molar-refractivity contribution < 1.29 is 29.4 Å². The summed E-state index contributed by atoms with van der Waals surface area (Å²) in [6.07, 6.45) is 11.1. The van der Waals surface area contributed by atoms with Gasteiger partial charge in [0, 0.05) is 28.9 Å². The fraction of sp³-hybridized carbons (Fsp3) is 0.588. The zero-order valence-corrected chi connectivity index (χ0v) is 25.3. The summed E-state index contributed by atoms with van der Waals surface area (Å²) in [6, 6.07) is 6.56. The zero-order valence-electron chi connectivity index (χ0n) is 25.3. The van der Waals surface area contributed by atoms with Crippen LogP contribution in [0.3, 0.4) is 0 Å². The third-order valence-corrected chi connectivity index (χ3v) is 11.8. The number of para-hydroxylation sites is 1. The molecule has 0 spiro atoms. The number of carboxylic acids is 1. The Morgan fingerprint density at radius 2 is 1.86 bits per heavy atom. The van der Waals surface area contributed by atoms with Gasteiger partial charge in [0.1, 0.15) is 11.6 Å². The van der Waals surface area contributed by atoms with Gasteiger partial charge in [-0.3, -0.25) is 9.59 Å². The Labute approximate surface area is 252 Å². The van der Waals surface area contributed by atoms with Gasteiger partial charge >= 0.3 is 5.97 Å². The van der Waals surface area contributed by atoms with Crippen molar-refractivity contribution in [3.8, 4) is 0 Å². The van der Waals surface area contributed by atoms with Crippen molar-refractivity contribution in [2.75, 3.05) is 6.61 Å². The highest BCUT2D eigenvalue weighted by Gasteiger charge is 2.65. The van der Waals surface area contributed by atoms with Crippen LogP contribution in [0.5, 0.6) is 0 Å². The van der Waals surface area contributed by atoms with Gasteiger partial charge in [-0.25, -0.2) is 4.79 Å². The number of benzene rings is 1. The number of H-pyrrole nitrogens is 1. The molecule has 1 heterocycles. The molecular formula is C34H43N3O6. The molecule has 0 radical (unpaired) electrons. The maximum atomic E-state index is 12.6.